The van der Waals surface area contributed by atoms with Crippen molar-refractivity contribution in [2.75, 3.05) is 0 Å². The van der Waals surface area contributed by atoms with Gasteiger partial charge in [-0.25, -0.2) is 9.97 Å². The highest BCUT2D eigenvalue weighted by atomic mass is 16.3. The second kappa shape index (κ2) is 9.37. The zero-order valence-corrected chi connectivity index (χ0v) is 23.2. The molecule has 0 atom stereocenters. The highest BCUT2D eigenvalue weighted by Gasteiger charge is 2.30. The molecule has 3 nitrogen and oxygen atoms in total. The molecule has 0 N–H and O–H groups in total. The Kier molecular flexibility index (Phi) is 5.20. The molecule has 0 aliphatic heterocycles. The lowest BCUT2D eigenvalue weighted by Crippen LogP contribution is -1.96. The smallest absolute Gasteiger partial charge is 0.197 e. The van der Waals surface area contributed by atoms with E-state index < -0.39 is 0 Å². The van der Waals surface area contributed by atoms with Crippen molar-refractivity contribution >= 4 is 21.7 Å². The summed E-state index contributed by atoms with van der Waals surface area (Å²) in [5.41, 5.74) is 11.5. The summed E-state index contributed by atoms with van der Waals surface area (Å²) < 4.78 is 6.99. The van der Waals surface area contributed by atoms with Crippen LogP contribution in [0.5, 0.6) is 0 Å². The quantitative estimate of drug-likeness (QED) is 0.220. The maximum atomic E-state index is 6.99. The Bertz CT molecular complexity index is 2280. The molecule has 0 radical (unpaired) electrons. The molecule has 6 aromatic carbocycles. The summed E-state index contributed by atoms with van der Waals surface area (Å²) in [5, 5.41) is 3.32. The molecule has 0 fully saturated rings. The van der Waals surface area contributed by atoms with Crippen molar-refractivity contribution in [3.63, 3.8) is 0 Å². The van der Waals surface area contributed by atoms with E-state index in [1.165, 1.54) is 16.7 Å². The van der Waals surface area contributed by atoms with E-state index >= 15 is 0 Å². The van der Waals surface area contributed by atoms with Gasteiger partial charge in [0.15, 0.2) is 11.6 Å². The van der Waals surface area contributed by atoms with Crippen LogP contribution in [0.25, 0.3) is 89.2 Å². The number of furan rings is 1. The molecule has 3 heteroatoms. The summed E-state index contributed by atoms with van der Waals surface area (Å²) in [6, 6.07) is 50.7. The van der Waals surface area contributed by atoms with Gasteiger partial charge in [-0.3, -0.25) is 0 Å². The Labute approximate surface area is 248 Å². The molecular formula is C40H24N2O. The van der Waals surface area contributed by atoms with Crippen LogP contribution in [0.4, 0.5) is 0 Å². The first-order valence-electron chi connectivity index (χ1n) is 14.5. The second-order valence-corrected chi connectivity index (χ2v) is 10.9. The van der Waals surface area contributed by atoms with Crippen molar-refractivity contribution in [2.45, 2.75) is 0 Å². The third-order valence-corrected chi connectivity index (χ3v) is 8.45. The van der Waals surface area contributed by atoms with E-state index in [0.29, 0.717) is 11.6 Å². The first-order valence-corrected chi connectivity index (χ1v) is 14.5. The molecule has 0 saturated heterocycles. The average molecular weight is 549 g/mol. The summed E-state index contributed by atoms with van der Waals surface area (Å²) in [6.07, 6.45) is 0. The highest BCUT2D eigenvalue weighted by Crippen LogP contribution is 2.53. The van der Waals surface area contributed by atoms with Gasteiger partial charge in [0, 0.05) is 27.5 Å². The third-order valence-electron chi connectivity index (χ3n) is 8.45. The van der Waals surface area contributed by atoms with Crippen LogP contribution in [0.15, 0.2) is 150 Å². The van der Waals surface area contributed by atoms with Gasteiger partial charge in [0.1, 0.15) is 5.58 Å². The molecule has 0 spiro atoms. The minimum absolute atomic E-state index is 0.571. The minimum Gasteiger partial charge on any atom is -0.451 e. The molecule has 0 unspecified atom stereocenters. The van der Waals surface area contributed by atoms with Gasteiger partial charge in [0.25, 0.3) is 0 Å². The van der Waals surface area contributed by atoms with Crippen LogP contribution < -0.4 is 0 Å². The van der Waals surface area contributed by atoms with Crippen molar-refractivity contribution < 1.29 is 4.42 Å². The molecule has 0 saturated carbocycles. The zero-order valence-electron chi connectivity index (χ0n) is 23.2. The van der Waals surface area contributed by atoms with Gasteiger partial charge in [-0.2, -0.15) is 0 Å². The van der Waals surface area contributed by atoms with E-state index in [0.717, 1.165) is 60.9 Å². The highest BCUT2D eigenvalue weighted by molar-refractivity contribution is 6.22. The fourth-order valence-electron chi connectivity index (χ4n) is 6.51. The lowest BCUT2D eigenvalue weighted by Gasteiger charge is -2.12. The van der Waals surface area contributed by atoms with Gasteiger partial charge in [0.2, 0.25) is 0 Å². The van der Waals surface area contributed by atoms with Gasteiger partial charge in [0.05, 0.1) is 11.4 Å². The summed E-state index contributed by atoms with van der Waals surface area (Å²) in [5.74, 6) is 1.25. The van der Waals surface area contributed by atoms with Gasteiger partial charge >= 0.3 is 0 Å². The van der Waals surface area contributed by atoms with E-state index in [4.69, 9.17) is 14.4 Å². The fraction of sp³-hybridized carbons (Fsp3) is 0. The predicted molar refractivity (Wildman–Crippen MR) is 175 cm³/mol. The van der Waals surface area contributed by atoms with Gasteiger partial charge < -0.3 is 4.42 Å². The number of nitrogens with zero attached hydrogens (tertiary/aromatic N) is 2. The van der Waals surface area contributed by atoms with Crippen LogP contribution in [-0.2, 0) is 0 Å². The van der Waals surface area contributed by atoms with E-state index in [9.17, 15) is 0 Å². The Balaban J connectivity index is 1.44. The normalized spacial score (nSPS) is 11.7. The largest absolute Gasteiger partial charge is 0.451 e. The first kappa shape index (κ1) is 23.9. The maximum absolute atomic E-state index is 6.99. The Hall–Kier alpha value is -5.80. The Morgan fingerprint density at radius 3 is 1.60 bits per heavy atom. The topological polar surface area (TPSA) is 38.9 Å². The van der Waals surface area contributed by atoms with Crippen molar-refractivity contribution in [1.29, 1.82) is 0 Å². The predicted octanol–water partition coefficient (Wildman–Crippen LogP) is 10.7. The number of hydrogen-bond donors (Lipinski definition) is 0. The van der Waals surface area contributed by atoms with Crippen molar-refractivity contribution in [3.8, 4) is 67.5 Å². The molecule has 1 aliphatic carbocycles. The summed E-state index contributed by atoms with van der Waals surface area (Å²) in [4.78, 5) is 10.4. The van der Waals surface area contributed by atoms with Gasteiger partial charge in [-0.1, -0.05) is 133 Å². The second-order valence-electron chi connectivity index (χ2n) is 10.9. The van der Waals surface area contributed by atoms with E-state index in [1.807, 2.05) is 36.4 Å². The lowest BCUT2D eigenvalue weighted by atomic mass is 9.93. The van der Waals surface area contributed by atoms with Crippen molar-refractivity contribution in [3.05, 3.63) is 146 Å². The summed E-state index contributed by atoms with van der Waals surface area (Å²) in [6.45, 7) is 0. The third kappa shape index (κ3) is 3.68. The SMILES string of the molecule is c1ccc(-c2cc(-c3ccccc3)nc(-c3oc4c5c(cc6ccccc64)-c4ccccc4-c4ccccc4-c35)n2)cc1. The molecule has 0 bridgehead atoms. The molecule has 2 heterocycles. The molecule has 0 amide bonds. The Morgan fingerprint density at radius 2 is 0.953 bits per heavy atom. The maximum Gasteiger partial charge on any atom is 0.197 e. The van der Waals surface area contributed by atoms with Crippen LogP contribution in [0.1, 0.15) is 0 Å². The molecule has 43 heavy (non-hydrogen) atoms. The number of benzene rings is 6. The standard InChI is InChI=1S/C40H24N2O/c1-3-13-25(14-4-1)34-24-35(26-15-5-2-6-16-26)42-40(41-34)39-36-32-22-12-11-20-30(32)29-19-9-10-21-31(29)33-23-27-17-7-8-18-28(27)38(43-39)37(33)36/h1-24H. The van der Waals surface area contributed by atoms with Crippen molar-refractivity contribution in [2.24, 2.45) is 0 Å². The zero-order chi connectivity index (χ0) is 28.3. The lowest BCUT2D eigenvalue weighted by molar-refractivity contribution is 0.629. The molecule has 1 aliphatic rings. The number of fused-ring (bicyclic) bond motifs is 7. The summed E-state index contributed by atoms with van der Waals surface area (Å²) >= 11 is 0. The minimum atomic E-state index is 0.571. The average Bonchev–Trinajstić information content (AvgIpc) is 3.44. The van der Waals surface area contributed by atoms with Gasteiger partial charge in [-0.05, 0) is 45.3 Å². The van der Waals surface area contributed by atoms with Crippen LogP contribution in [0.3, 0.4) is 0 Å². The van der Waals surface area contributed by atoms with Crippen LogP contribution >= 0.6 is 0 Å². The molecule has 200 valence electrons. The number of aromatic nitrogens is 2. The van der Waals surface area contributed by atoms with Crippen LogP contribution in [-0.4, -0.2) is 9.97 Å². The molecular weight excluding hydrogens is 524 g/mol. The summed E-state index contributed by atoms with van der Waals surface area (Å²) in [7, 11) is 0. The molecule has 2 aromatic heterocycles. The van der Waals surface area contributed by atoms with Crippen LogP contribution in [0, 0.1) is 0 Å². The monoisotopic (exact) mass is 548 g/mol. The molecule has 9 rings (SSSR count). The van der Waals surface area contributed by atoms with Crippen LogP contribution in [0.2, 0.25) is 0 Å². The van der Waals surface area contributed by atoms with E-state index in [1.54, 1.807) is 0 Å². The number of rotatable bonds is 3. The van der Waals surface area contributed by atoms with Crippen molar-refractivity contribution in [1.82, 2.24) is 9.97 Å². The van der Waals surface area contributed by atoms with Gasteiger partial charge in [-0.15, -0.1) is 0 Å². The first-order chi connectivity index (χ1) is 21.3. The fourth-order valence-corrected chi connectivity index (χ4v) is 6.51. The number of hydrogen-bond acceptors (Lipinski definition) is 3. The van der Waals surface area contributed by atoms with E-state index in [2.05, 4.69) is 109 Å². The Morgan fingerprint density at radius 1 is 0.442 bits per heavy atom. The molecule has 8 aromatic rings. The van der Waals surface area contributed by atoms with E-state index in [-0.39, 0.29) is 0 Å².